The molecule has 1 heterocycles. The molecule has 1 unspecified atom stereocenters. The predicted octanol–water partition coefficient (Wildman–Crippen LogP) is 4.27. The molecule has 1 aliphatic heterocycles. The van der Waals surface area contributed by atoms with Crippen LogP contribution in [0.5, 0.6) is 0 Å². The van der Waals surface area contributed by atoms with Crippen LogP contribution in [0.25, 0.3) is 0 Å². The summed E-state index contributed by atoms with van der Waals surface area (Å²) in [6.07, 6.45) is 3.13. The predicted molar refractivity (Wildman–Crippen MR) is 116 cm³/mol. The number of amides is 2. The van der Waals surface area contributed by atoms with Crippen LogP contribution in [-0.2, 0) is 9.59 Å². The minimum atomic E-state index is -0.0471. The fourth-order valence-corrected chi connectivity index (χ4v) is 4.68. The zero-order valence-electron chi connectivity index (χ0n) is 16.2. The van der Waals surface area contributed by atoms with E-state index in [4.69, 9.17) is 0 Å². The van der Waals surface area contributed by atoms with Crippen molar-refractivity contribution in [3.63, 3.8) is 0 Å². The average Bonchev–Trinajstić information content (AvgIpc) is 3.02. The van der Waals surface area contributed by atoms with Gasteiger partial charge in [0.2, 0.25) is 11.8 Å². The molecule has 2 aromatic rings. The van der Waals surface area contributed by atoms with E-state index in [0.717, 1.165) is 41.9 Å². The molecule has 1 saturated heterocycles. The molecular formula is C22H25N3O2S. The van der Waals surface area contributed by atoms with Gasteiger partial charge in [-0.15, -0.1) is 11.8 Å². The summed E-state index contributed by atoms with van der Waals surface area (Å²) in [7, 11) is 4.00. The van der Waals surface area contributed by atoms with Gasteiger partial charge in [0.05, 0.1) is 5.75 Å². The van der Waals surface area contributed by atoms with Gasteiger partial charge in [-0.25, -0.2) is 0 Å². The zero-order chi connectivity index (χ0) is 19.7. The van der Waals surface area contributed by atoms with Crippen molar-refractivity contribution >= 4 is 40.6 Å². The molecule has 28 heavy (non-hydrogen) atoms. The van der Waals surface area contributed by atoms with Crippen LogP contribution in [0.3, 0.4) is 0 Å². The second-order valence-electron chi connectivity index (χ2n) is 7.58. The van der Waals surface area contributed by atoms with Crippen molar-refractivity contribution in [3.8, 4) is 0 Å². The third-order valence-corrected chi connectivity index (χ3v) is 6.66. The molecule has 2 amide bonds. The van der Waals surface area contributed by atoms with Gasteiger partial charge in [-0.05, 0) is 54.8 Å². The Morgan fingerprint density at radius 2 is 1.75 bits per heavy atom. The number of benzene rings is 2. The highest BCUT2D eigenvalue weighted by Gasteiger charge is 2.34. The zero-order valence-corrected chi connectivity index (χ0v) is 17.0. The number of rotatable bonds is 5. The molecule has 5 nitrogen and oxygen atoms in total. The molecular weight excluding hydrogens is 370 g/mol. The Morgan fingerprint density at radius 1 is 1.07 bits per heavy atom. The molecule has 2 aliphatic rings. The van der Waals surface area contributed by atoms with Crippen molar-refractivity contribution in [3.05, 3.63) is 54.1 Å². The molecule has 2 aromatic carbocycles. The minimum absolute atomic E-state index is 0.0471. The van der Waals surface area contributed by atoms with E-state index in [9.17, 15) is 9.59 Å². The molecule has 0 bridgehead atoms. The highest BCUT2D eigenvalue weighted by molar-refractivity contribution is 8.00. The van der Waals surface area contributed by atoms with E-state index in [1.54, 1.807) is 11.8 Å². The monoisotopic (exact) mass is 395 g/mol. The van der Waals surface area contributed by atoms with E-state index in [1.807, 2.05) is 72.4 Å². The van der Waals surface area contributed by atoms with Gasteiger partial charge < -0.3 is 10.2 Å². The van der Waals surface area contributed by atoms with Gasteiger partial charge in [-0.3, -0.25) is 14.5 Å². The number of anilines is 3. The topological polar surface area (TPSA) is 52.6 Å². The normalized spacial score (nSPS) is 19.4. The summed E-state index contributed by atoms with van der Waals surface area (Å²) in [5.41, 5.74) is 3.89. The average molecular weight is 396 g/mol. The number of hydrogen-bond acceptors (Lipinski definition) is 4. The van der Waals surface area contributed by atoms with E-state index < -0.39 is 0 Å². The Morgan fingerprint density at radius 3 is 2.32 bits per heavy atom. The molecule has 2 fully saturated rings. The van der Waals surface area contributed by atoms with Gasteiger partial charge in [0, 0.05) is 37.1 Å². The highest BCUT2D eigenvalue weighted by Crippen LogP contribution is 2.42. The summed E-state index contributed by atoms with van der Waals surface area (Å²) in [5, 5.41) is 2.95. The van der Waals surface area contributed by atoms with Crippen LogP contribution >= 0.6 is 11.8 Å². The van der Waals surface area contributed by atoms with E-state index >= 15 is 0 Å². The number of nitrogens with one attached hydrogen (secondary N) is 1. The van der Waals surface area contributed by atoms with Gasteiger partial charge in [0.15, 0.2) is 0 Å². The van der Waals surface area contributed by atoms with E-state index in [0.29, 0.717) is 5.75 Å². The maximum Gasteiger partial charge on any atom is 0.238 e. The first-order valence-electron chi connectivity index (χ1n) is 9.65. The Kier molecular flexibility index (Phi) is 5.31. The van der Waals surface area contributed by atoms with Crippen molar-refractivity contribution in [2.45, 2.75) is 24.6 Å². The third kappa shape index (κ3) is 3.74. The summed E-state index contributed by atoms with van der Waals surface area (Å²) >= 11 is 1.63. The third-order valence-electron chi connectivity index (χ3n) is 5.45. The number of thioether (sulfide) groups is 1. The van der Waals surface area contributed by atoms with Crippen LogP contribution < -0.4 is 15.1 Å². The standard InChI is InChI=1S/C22H25N3O2S/c1-24(2)18-10-12-19(13-11-18)25-20(26)14-28-22(25)16-6-8-17(9-7-16)23-21(27)15-4-3-5-15/h6-13,15,22H,3-5,14H2,1-2H3,(H,23,27). The fraction of sp³-hybridized carbons (Fsp3) is 0.364. The molecule has 1 aliphatic carbocycles. The Bertz CT molecular complexity index is 860. The summed E-state index contributed by atoms with van der Waals surface area (Å²) in [6, 6.07) is 15.9. The second-order valence-corrected chi connectivity index (χ2v) is 8.65. The van der Waals surface area contributed by atoms with Crippen molar-refractivity contribution in [1.82, 2.24) is 0 Å². The lowest BCUT2D eigenvalue weighted by Gasteiger charge is -2.26. The Balaban J connectivity index is 1.50. The van der Waals surface area contributed by atoms with Crippen LogP contribution in [0.4, 0.5) is 17.1 Å². The molecule has 1 atom stereocenters. The van der Waals surface area contributed by atoms with E-state index in [1.165, 1.54) is 0 Å². The van der Waals surface area contributed by atoms with E-state index in [-0.39, 0.29) is 23.1 Å². The molecule has 0 aromatic heterocycles. The first kappa shape index (κ1) is 18.9. The lowest BCUT2D eigenvalue weighted by atomic mass is 9.85. The molecule has 0 radical (unpaired) electrons. The Labute approximate surface area is 170 Å². The van der Waals surface area contributed by atoms with E-state index in [2.05, 4.69) is 5.32 Å². The van der Waals surface area contributed by atoms with Gasteiger partial charge in [-0.1, -0.05) is 18.6 Å². The maximum absolute atomic E-state index is 12.5. The lowest BCUT2D eigenvalue weighted by molar-refractivity contribution is -0.122. The summed E-state index contributed by atoms with van der Waals surface area (Å²) in [4.78, 5) is 28.6. The van der Waals surface area contributed by atoms with Crippen molar-refractivity contribution in [1.29, 1.82) is 0 Å². The number of carbonyl (C=O) groups excluding carboxylic acids is 2. The molecule has 146 valence electrons. The van der Waals surface area contributed by atoms with Crippen LogP contribution in [0.2, 0.25) is 0 Å². The maximum atomic E-state index is 12.5. The molecule has 1 saturated carbocycles. The molecule has 6 heteroatoms. The van der Waals surface area contributed by atoms with Gasteiger partial charge in [0.1, 0.15) is 5.37 Å². The smallest absolute Gasteiger partial charge is 0.238 e. The van der Waals surface area contributed by atoms with Crippen molar-refractivity contribution in [2.24, 2.45) is 5.92 Å². The van der Waals surface area contributed by atoms with Crippen molar-refractivity contribution in [2.75, 3.05) is 35.0 Å². The highest BCUT2D eigenvalue weighted by atomic mass is 32.2. The first-order valence-corrected chi connectivity index (χ1v) is 10.7. The lowest BCUT2D eigenvalue weighted by Crippen LogP contribution is -2.28. The number of nitrogens with zero attached hydrogens (tertiary/aromatic N) is 2. The molecule has 1 N–H and O–H groups in total. The number of carbonyl (C=O) groups is 2. The number of hydrogen-bond donors (Lipinski definition) is 1. The van der Waals surface area contributed by atoms with Crippen LogP contribution in [0.1, 0.15) is 30.2 Å². The fourth-order valence-electron chi connectivity index (χ4n) is 3.51. The van der Waals surface area contributed by atoms with Crippen LogP contribution in [0.15, 0.2) is 48.5 Å². The minimum Gasteiger partial charge on any atom is -0.378 e. The summed E-state index contributed by atoms with van der Waals surface area (Å²) in [5.74, 6) is 0.880. The van der Waals surface area contributed by atoms with Crippen LogP contribution in [-0.4, -0.2) is 31.7 Å². The first-order chi connectivity index (χ1) is 13.5. The quantitative estimate of drug-likeness (QED) is 0.821. The Hall–Kier alpha value is -2.47. The summed E-state index contributed by atoms with van der Waals surface area (Å²) in [6.45, 7) is 0. The SMILES string of the molecule is CN(C)c1ccc(N2C(=O)CSC2c2ccc(NC(=O)C3CCC3)cc2)cc1. The largest absolute Gasteiger partial charge is 0.378 e. The second kappa shape index (κ2) is 7.87. The van der Waals surface area contributed by atoms with Gasteiger partial charge >= 0.3 is 0 Å². The van der Waals surface area contributed by atoms with Gasteiger partial charge in [0.25, 0.3) is 0 Å². The van der Waals surface area contributed by atoms with Crippen LogP contribution in [0, 0.1) is 5.92 Å². The van der Waals surface area contributed by atoms with Gasteiger partial charge in [-0.2, -0.15) is 0 Å². The summed E-state index contributed by atoms with van der Waals surface area (Å²) < 4.78 is 0. The molecule has 0 spiro atoms. The van der Waals surface area contributed by atoms with Crippen molar-refractivity contribution < 1.29 is 9.59 Å². The molecule has 4 rings (SSSR count).